The SMILES string of the molecule is CC(C)(C)NCC(CC1CCCO1)c1ccccc1Cl. The Morgan fingerprint density at radius 1 is 1.35 bits per heavy atom. The third kappa shape index (κ3) is 4.76. The zero-order chi connectivity index (χ0) is 14.6. The first-order valence-electron chi connectivity index (χ1n) is 7.57. The van der Waals surface area contributed by atoms with E-state index >= 15 is 0 Å². The highest BCUT2D eigenvalue weighted by Crippen LogP contribution is 2.31. The summed E-state index contributed by atoms with van der Waals surface area (Å²) in [6, 6.07) is 8.19. The van der Waals surface area contributed by atoms with Crippen LogP contribution < -0.4 is 5.32 Å². The minimum atomic E-state index is 0.121. The van der Waals surface area contributed by atoms with Crippen molar-refractivity contribution in [2.24, 2.45) is 0 Å². The Bertz CT molecular complexity index is 421. The molecule has 0 saturated carbocycles. The molecule has 0 aromatic heterocycles. The van der Waals surface area contributed by atoms with Gasteiger partial charge in [-0.1, -0.05) is 29.8 Å². The molecule has 1 fully saturated rings. The molecule has 0 radical (unpaired) electrons. The van der Waals surface area contributed by atoms with E-state index in [9.17, 15) is 0 Å². The van der Waals surface area contributed by atoms with Crippen LogP contribution in [0.2, 0.25) is 5.02 Å². The van der Waals surface area contributed by atoms with Crippen LogP contribution in [-0.4, -0.2) is 24.8 Å². The fraction of sp³-hybridized carbons (Fsp3) is 0.647. The van der Waals surface area contributed by atoms with Crippen molar-refractivity contribution in [2.45, 2.75) is 57.6 Å². The summed E-state index contributed by atoms with van der Waals surface area (Å²) < 4.78 is 5.81. The summed E-state index contributed by atoms with van der Waals surface area (Å²) in [5.74, 6) is 0.408. The van der Waals surface area contributed by atoms with Gasteiger partial charge in [-0.15, -0.1) is 0 Å². The third-order valence-electron chi connectivity index (χ3n) is 3.80. The van der Waals surface area contributed by atoms with E-state index in [1.165, 1.54) is 18.4 Å². The Morgan fingerprint density at radius 3 is 2.70 bits per heavy atom. The average molecular weight is 296 g/mol. The molecule has 0 spiro atoms. The monoisotopic (exact) mass is 295 g/mol. The fourth-order valence-corrected chi connectivity index (χ4v) is 2.99. The van der Waals surface area contributed by atoms with Gasteiger partial charge in [0.2, 0.25) is 0 Å². The maximum absolute atomic E-state index is 6.39. The maximum atomic E-state index is 6.39. The quantitative estimate of drug-likeness (QED) is 0.870. The second-order valence-electron chi connectivity index (χ2n) is 6.72. The van der Waals surface area contributed by atoms with Crippen LogP contribution in [0.1, 0.15) is 51.5 Å². The second-order valence-corrected chi connectivity index (χ2v) is 7.13. The normalized spacial score (nSPS) is 21.1. The van der Waals surface area contributed by atoms with Gasteiger partial charge in [0.15, 0.2) is 0 Å². The van der Waals surface area contributed by atoms with Gasteiger partial charge in [-0.2, -0.15) is 0 Å². The van der Waals surface area contributed by atoms with Crippen LogP contribution in [0.4, 0.5) is 0 Å². The highest BCUT2D eigenvalue weighted by atomic mass is 35.5. The highest BCUT2D eigenvalue weighted by Gasteiger charge is 2.24. The summed E-state index contributed by atoms with van der Waals surface area (Å²) in [6.45, 7) is 8.44. The molecule has 2 atom stereocenters. The molecule has 2 nitrogen and oxygen atoms in total. The van der Waals surface area contributed by atoms with E-state index in [4.69, 9.17) is 16.3 Å². The molecule has 112 valence electrons. The first-order valence-corrected chi connectivity index (χ1v) is 7.94. The molecule has 0 bridgehead atoms. The number of hydrogen-bond acceptors (Lipinski definition) is 2. The largest absolute Gasteiger partial charge is 0.378 e. The molecular weight excluding hydrogens is 270 g/mol. The Hall–Kier alpha value is -0.570. The van der Waals surface area contributed by atoms with Crippen molar-refractivity contribution in [3.05, 3.63) is 34.9 Å². The summed E-state index contributed by atoms with van der Waals surface area (Å²) >= 11 is 6.39. The Labute approximate surface area is 127 Å². The second kappa shape index (κ2) is 6.93. The molecule has 20 heavy (non-hydrogen) atoms. The summed E-state index contributed by atoms with van der Waals surface area (Å²) in [6.07, 6.45) is 3.80. The van der Waals surface area contributed by atoms with Crippen molar-refractivity contribution < 1.29 is 4.74 Å². The van der Waals surface area contributed by atoms with Crippen molar-refractivity contribution in [1.82, 2.24) is 5.32 Å². The van der Waals surface area contributed by atoms with Crippen molar-refractivity contribution in [3.63, 3.8) is 0 Å². The van der Waals surface area contributed by atoms with Gasteiger partial charge in [-0.3, -0.25) is 0 Å². The van der Waals surface area contributed by atoms with Gasteiger partial charge in [-0.25, -0.2) is 0 Å². The van der Waals surface area contributed by atoms with E-state index in [2.05, 4.69) is 38.2 Å². The minimum absolute atomic E-state index is 0.121. The number of ether oxygens (including phenoxy) is 1. The summed E-state index contributed by atoms with van der Waals surface area (Å²) in [5, 5.41) is 4.47. The van der Waals surface area contributed by atoms with E-state index < -0.39 is 0 Å². The lowest BCUT2D eigenvalue weighted by molar-refractivity contribution is 0.0970. The maximum Gasteiger partial charge on any atom is 0.0582 e. The van der Waals surface area contributed by atoms with Crippen LogP contribution in [0.5, 0.6) is 0 Å². The average Bonchev–Trinajstić information content (AvgIpc) is 2.87. The van der Waals surface area contributed by atoms with Gasteiger partial charge >= 0.3 is 0 Å². The Kier molecular flexibility index (Phi) is 5.48. The van der Waals surface area contributed by atoms with Crippen LogP contribution >= 0.6 is 11.6 Å². The van der Waals surface area contributed by atoms with Crippen LogP contribution in [-0.2, 0) is 4.74 Å². The highest BCUT2D eigenvalue weighted by molar-refractivity contribution is 6.31. The Balaban J connectivity index is 2.08. The van der Waals surface area contributed by atoms with E-state index in [1.807, 2.05) is 12.1 Å². The van der Waals surface area contributed by atoms with Gasteiger partial charge < -0.3 is 10.1 Å². The van der Waals surface area contributed by atoms with Crippen LogP contribution in [0.25, 0.3) is 0 Å². The number of nitrogens with one attached hydrogen (secondary N) is 1. The molecule has 1 heterocycles. The number of benzene rings is 1. The van der Waals surface area contributed by atoms with E-state index in [1.54, 1.807) is 0 Å². The lowest BCUT2D eigenvalue weighted by Crippen LogP contribution is -2.39. The molecule has 0 amide bonds. The molecule has 1 saturated heterocycles. The molecular formula is C17H26ClNO. The van der Waals surface area contributed by atoms with Crippen molar-refractivity contribution >= 4 is 11.6 Å². The molecule has 1 aliphatic heterocycles. The molecule has 2 rings (SSSR count). The van der Waals surface area contributed by atoms with Gasteiger partial charge in [0.1, 0.15) is 0 Å². The lowest BCUT2D eigenvalue weighted by Gasteiger charge is -2.27. The molecule has 3 heteroatoms. The van der Waals surface area contributed by atoms with Crippen molar-refractivity contribution in [1.29, 1.82) is 0 Å². The Morgan fingerprint density at radius 2 is 2.10 bits per heavy atom. The van der Waals surface area contributed by atoms with Gasteiger partial charge in [-0.05, 0) is 51.7 Å². The molecule has 0 aliphatic carbocycles. The first-order chi connectivity index (χ1) is 9.46. The zero-order valence-electron chi connectivity index (χ0n) is 12.8. The molecule has 1 aromatic rings. The van der Waals surface area contributed by atoms with Crippen LogP contribution in [0, 0.1) is 0 Å². The molecule has 2 unspecified atom stereocenters. The van der Waals surface area contributed by atoms with Crippen LogP contribution in [0.3, 0.4) is 0 Å². The summed E-state index contributed by atoms with van der Waals surface area (Å²) in [5.41, 5.74) is 1.36. The van der Waals surface area contributed by atoms with Crippen molar-refractivity contribution in [3.8, 4) is 0 Å². The molecule has 1 aliphatic rings. The topological polar surface area (TPSA) is 21.3 Å². The van der Waals surface area contributed by atoms with Gasteiger partial charge in [0.25, 0.3) is 0 Å². The third-order valence-corrected chi connectivity index (χ3v) is 4.14. The number of rotatable bonds is 5. The minimum Gasteiger partial charge on any atom is -0.378 e. The fourth-order valence-electron chi connectivity index (χ4n) is 2.70. The van der Waals surface area contributed by atoms with Gasteiger partial charge in [0, 0.05) is 29.6 Å². The number of hydrogen-bond donors (Lipinski definition) is 1. The lowest BCUT2D eigenvalue weighted by atomic mass is 9.91. The zero-order valence-corrected chi connectivity index (χ0v) is 13.5. The summed E-state index contributed by atoms with van der Waals surface area (Å²) in [7, 11) is 0. The number of halogens is 1. The van der Waals surface area contributed by atoms with E-state index in [0.29, 0.717) is 12.0 Å². The van der Waals surface area contributed by atoms with E-state index in [0.717, 1.165) is 24.6 Å². The van der Waals surface area contributed by atoms with Crippen molar-refractivity contribution in [2.75, 3.05) is 13.2 Å². The smallest absolute Gasteiger partial charge is 0.0582 e. The summed E-state index contributed by atoms with van der Waals surface area (Å²) in [4.78, 5) is 0. The van der Waals surface area contributed by atoms with Gasteiger partial charge in [0.05, 0.1) is 6.10 Å². The molecule has 1 aromatic carbocycles. The first kappa shape index (κ1) is 15.8. The van der Waals surface area contributed by atoms with E-state index in [-0.39, 0.29) is 5.54 Å². The standard InChI is InChI=1S/C17H26ClNO/c1-17(2,3)19-12-13(11-14-7-6-10-20-14)15-8-4-5-9-16(15)18/h4-5,8-9,13-14,19H,6-7,10-12H2,1-3H3. The van der Waals surface area contributed by atoms with Crippen LogP contribution in [0.15, 0.2) is 24.3 Å². The molecule has 1 N–H and O–H groups in total. The predicted octanol–water partition coefficient (Wildman–Crippen LogP) is 4.38. The predicted molar refractivity (Wildman–Crippen MR) is 85.5 cm³/mol.